The van der Waals surface area contributed by atoms with Crippen LogP contribution in [0.25, 0.3) is 0 Å². The van der Waals surface area contributed by atoms with Crippen LogP contribution >= 0.6 is 0 Å². The molecule has 4 aliphatic rings. The van der Waals surface area contributed by atoms with E-state index in [4.69, 9.17) is 4.74 Å². The number of aliphatic hydroxyl groups is 1. The second-order valence-corrected chi connectivity index (χ2v) is 9.34. The Morgan fingerprint density at radius 3 is 2.72 bits per heavy atom. The van der Waals surface area contributed by atoms with Gasteiger partial charge in [0.1, 0.15) is 11.8 Å². The predicted molar refractivity (Wildman–Crippen MR) is 103 cm³/mol. The highest BCUT2D eigenvalue weighted by atomic mass is 19.1. The molecular formula is C23H27FO5. The van der Waals surface area contributed by atoms with Crippen LogP contribution in [-0.2, 0) is 19.1 Å². The summed E-state index contributed by atoms with van der Waals surface area (Å²) in [5.41, 5.74) is -1.39. The molecule has 0 aromatic rings. The van der Waals surface area contributed by atoms with Gasteiger partial charge < -0.3 is 9.84 Å². The van der Waals surface area contributed by atoms with E-state index >= 15 is 4.39 Å². The summed E-state index contributed by atoms with van der Waals surface area (Å²) in [5, 5.41) is 11.4. The van der Waals surface area contributed by atoms with Gasteiger partial charge >= 0.3 is 5.97 Å². The minimum atomic E-state index is -1.60. The van der Waals surface area contributed by atoms with Gasteiger partial charge in [0.25, 0.3) is 0 Å². The normalized spacial score (nSPS) is 42.9. The Hall–Kier alpha value is -2.08. The number of ketones is 2. The van der Waals surface area contributed by atoms with Crippen LogP contribution in [0.1, 0.15) is 46.5 Å². The fraction of sp³-hybridized carbons (Fsp3) is 0.609. The van der Waals surface area contributed by atoms with E-state index in [2.05, 4.69) is 0 Å². The third-order valence-electron chi connectivity index (χ3n) is 7.96. The van der Waals surface area contributed by atoms with Crippen LogP contribution in [0.3, 0.4) is 0 Å². The van der Waals surface area contributed by atoms with Crippen molar-refractivity contribution in [1.82, 2.24) is 0 Å². The molecule has 4 aliphatic carbocycles. The number of carbonyl (C=O) groups is 3. The average molecular weight is 402 g/mol. The van der Waals surface area contributed by atoms with Gasteiger partial charge in [0.05, 0.1) is 0 Å². The molecule has 0 saturated heterocycles. The van der Waals surface area contributed by atoms with E-state index in [-0.39, 0.29) is 30.5 Å². The van der Waals surface area contributed by atoms with Crippen LogP contribution in [0, 0.1) is 22.7 Å². The lowest BCUT2D eigenvalue weighted by Crippen LogP contribution is -2.56. The number of carbonyl (C=O) groups excluding carboxylic acids is 3. The highest BCUT2D eigenvalue weighted by molar-refractivity contribution is 6.01. The standard InChI is InChI=1S/C23H27FO5/c1-13(25)29-12-20(27)23(28)9-6-17-15-11-19(24)18-10-14(26)4-7-21(18,2)16(15)5-8-22(17,23)3/h4-5,7,10,15,17,19,28H,6,8-9,11-12H2,1-3H3/t15?,17?,19?,21-,22+,23+/m1/s1. The molecule has 6 atom stereocenters. The van der Waals surface area contributed by atoms with Crippen molar-refractivity contribution in [3.05, 3.63) is 35.5 Å². The van der Waals surface area contributed by atoms with E-state index in [0.717, 1.165) is 5.57 Å². The first-order chi connectivity index (χ1) is 13.5. The van der Waals surface area contributed by atoms with Crippen molar-refractivity contribution in [2.75, 3.05) is 6.61 Å². The molecule has 2 fully saturated rings. The van der Waals surface area contributed by atoms with E-state index in [0.29, 0.717) is 18.4 Å². The van der Waals surface area contributed by atoms with Crippen molar-refractivity contribution in [1.29, 1.82) is 0 Å². The van der Waals surface area contributed by atoms with Gasteiger partial charge in [-0.25, -0.2) is 4.39 Å². The van der Waals surface area contributed by atoms with E-state index in [1.807, 2.05) is 19.9 Å². The van der Waals surface area contributed by atoms with Gasteiger partial charge in [0, 0.05) is 17.8 Å². The molecule has 0 bridgehead atoms. The average Bonchev–Trinajstić information content (AvgIpc) is 2.94. The molecule has 3 unspecified atom stereocenters. The summed E-state index contributed by atoms with van der Waals surface area (Å²) in [6.45, 7) is 4.62. The zero-order valence-corrected chi connectivity index (χ0v) is 17.0. The van der Waals surface area contributed by atoms with Crippen LogP contribution in [0.2, 0.25) is 0 Å². The molecule has 156 valence electrons. The summed E-state index contributed by atoms with van der Waals surface area (Å²) in [6.07, 6.45) is 7.13. The van der Waals surface area contributed by atoms with Crippen LogP contribution in [0.5, 0.6) is 0 Å². The van der Waals surface area contributed by atoms with Crippen LogP contribution < -0.4 is 0 Å². The molecule has 0 aromatic carbocycles. The highest BCUT2D eigenvalue weighted by Gasteiger charge is 2.65. The largest absolute Gasteiger partial charge is 0.458 e. The van der Waals surface area contributed by atoms with Gasteiger partial charge in [-0.2, -0.15) is 0 Å². The predicted octanol–water partition coefficient (Wildman–Crippen LogP) is 3.03. The summed E-state index contributed by atoms with van der Waals surface area (Å²) in [6, 6.07) is 0. The van der Waals surface area contributed by atoms with Crippen LogP contribution in [-0.4, -0.2) is 41.0 Å². The van der Waals surface area contributed by atoms with E-state index < -0.39 is 41.0 Å². The van der Waals surface area contributed by atoms with Gasteiger partial charge in [-0.1, -0.05) is 24.6 Å². The minimum Gasteiger partial charge on any atom is -0.458 e. The molecule has 0 aliphatic heterocycles. The fourth-order valence-electron chi connectivity index (χ4n) is 6.29. The first kappa shape index (κ1) is 20.2. The minimum absolute atomic E-state index is 0.0589. The van der Waals surface area contributed by atoms with Crippen molar-refractivity contribution in [2.24, 2.45) is 22.7 Å². The van der Waals surface area contributed by atoms with E-state index in [1.54, 1.807) is 6.08 Å². The van der Waals surface area contributed by atoms with Gasteiger partial charge in [-0.05, 0) is 62.2 Å². The summed E-state index contributed by atoms with van der Waals surface area (Å²) < 4.78 is 20.0. The fourth-order valence-corrected chi connectivity index (χ4v) is 6.29. The van der Waals surface area contributed by atoms with Gasteiger partial charge in [0.2, 0.25) is 5.78 Å². The number of hydrogen-bond acceptors (Lipinski definition) is 5. The maximum atomic E-state index is 15.2. The second-order valence-electron chi connectivity index (χ2n) is 9.34. The number of Topliss-reactive ketones (excluding diaryl/α,β-unsaturated/α-hetero) is 1. The van der Waals surface area contributed by atoms with Crippen molar-refractivity contribution in [3.63, 3.8) is 0 Å². The second kappa shape index (κ2) is 6.46. The monoisotopic (exact) mass is 402 g/mol. The summed E-state index contributed by atoms with van der Waals surface area (Å²) in [5.74, 6) is -1.41. The molecule has 2 saturated carbocycles. The lowest BCUT2D eigenvalue weighted by atomic mass is 9.51. The third-order valence-corrected chi connectivity index (χ3v) is 7.96. The molecule has 5 nitrogen and oxygen atoms in total. The zero-order chi connectivity index (χ0) is 21.2. The Morgan fingerprint density at radius 1 is 1.31 bits per heavy atom. The number of fused-ring (bicyclic) bond motifs is 5. The molecule has 0 spiro atoms. The first-order valence-electron chi connectivity index (χ1n) is 10.2. The van der Waals surface area contributed by atoms with Gasteiger partial charge in [0.15, 0.2) is 12.4 Å². The molecule has 0 heterocycles. The van der Waals surface area contributed by atoms with E-state index in [9.17, 15) is 19.5 Å². The Bertz CT molecular complexity index is 886. The van der Waals surface area contributed by atoms with Gasteiger partial charge in [-0.15, -0.1) is 0 Å². The Balaban J connectivity index is 1.70. The number of alkyl halides is 1. The number of allylic oxidation sites excluding steroid dienone is 6. The van der Waals surface area contributed by atoms with Crippen LogP contribution in [0.4, 0.5) is 4.39 Å². The molecular weight excluding hydrogens is 375 g/mol. The van der Waals surface area contributed by atoms with Crippen LogP contribution in [0.15, 0.2) is 35.5 Å². The highest BCUT2D eigenvalue weighted by Crippen LogP contribution is 2.65. The molecule has 0 amide bonds. The molecule has 6 heteroatoms. The van der Waals surface area contributed by atoms with Crippen molar-refractivity contribution < 1.29 is 28.6 Å². The lowest BCUT2D eigenvalue weighted by molar-refractivity contribution is -0.162. The summed E-state index contributed by atoms with van der Waals surface area (Å²) in [4.78, 5) is 35.7. The smallest absolute Gasteiger partial charge is 0.303 e. The quantitative estimate of drug-likeness (QED) is 0.580. The maximum Gasteiger partial charge on any atom is 0.303 e. The molecule has 1 N–H and O–H groups in total. The summed E-state index contributed by atoms with van der Waals surface area (Å²) in [7, 11) is 0. The number of esters is 1. The lowest BCUT2D eigenvalue weighted by Gasteiger charge is -2.54. The van der Waals surface area contributed by atoms with Crippen molar-refractivity contribution in [3.8, 4) is 0 Å². The Morgan fingerprint density at radius 2 is 2.03 bits per heavy atom. The zero-order valence-electron chi connectivity index (χ0n) is 17.0. The number of ether oxygens (including phenoxy) is 1. The SMILES string of the molecule is CC(=O)OCC(=O)[C@@]1(O)CCC2C3CC(F)C4=CC(=O)C=C[C@]4(C)C3=CC[C@@]21C. The maximum absolute atomic E-state index is 15.2. The van der Waals surface area contributed by atoms with Crippen molar-refractivity contribution in [2.45, 2.75) is 58.2 Å². The number of halogens is 1. The molecule has 29 heavy (non-hydrogen) atoms. The van der Waals surface area contributed by atoms with Gasteiger partial charge in [-0.3, -0.25) is 14.4 Å². The van der Waals surface area contributed by atoms with E-state index in [1.165, 1.54) is 19.1 Å². The number of hydrogen-bond donors (Lipinski definition) is 1. The Labute approximate surface area is 169 Å². The number of rotatable bonds is 3. The first-order valence-corrected chi connectivity index (χ1v) is 10.2. The van der Waals surface area contributed by atoms with Crippen molar-refractivity contribution >= 4 is 17.5 Å². The Kier molecular flexibility index (Phi) is 4.50. The molecule has 4 rings (SSSR count). The topological polar surface area (TPSA) is 80.7 Å². The molecule has 0 aromatic heterocycles. The third kappa shape index (κ3) is 2.71. The molecule has 0 radical (unpaired) electrons. The summed E-state index contributed by atoms with van der Waals surface area (Å²) >= 11 is 0.